The molecule has 1 fully saturated rings. The van der Waals surface area contributed by atoms with E-state index in [0.29, 0.717) is 6.04 Å². The molecule has 19 heavy (non-hydrogen) atoms. The lowest BCUT2D eigenvalue weighted by atomic mass is 10.2. The highest BCUT2D eigenvalue weighted by atomic mass is 15.3. The molecule has 1 aromatic heterocycles. The SMILES string of the molecule is CCN1CCN(C(C)c2nc3ccccc3[nH]2)CC1. The number of rotatable bonds is 3. The lowest BCUT2D eigenvalue weighted by molar-refractivity contribution is 0.103. The molecule has 4 nitrogen and oxygen atoms in total. The maximum Gasteiger partial charge on any atom is 0.124 e. The van der Waals surface area contributed by atoms with Gasteiger partial charge in [-0.25, -0.2) is 4.98 Å². The lowest BCUT2D eigenvalue weighted by Gasteiger charge is -2.36. The van der Waals surface area contributed by atoms with E-state index in [2.05, 4.69) is 46.8 Å². The molecule has 4 heteroatoms. The molecular formula is C15H22N4. The van der Waals surface area contributed by atoms with Gasteiger partial charge in [0.1, 0.15) is 5.82 Å². The zero-order valence-corrected chi connectivity index (χ0v) is 11.8. The number of para-hydroxylation sites is 2. The van der Waals surface area contributed by atoms with Crippen LogP contribution in [0.25, 0.3) is 11.0 Å². The van der Waals surface area contributed by atoms with Crippen molar-refractivity contribution in [2.24, 2.45) is 0 Å². The fourth-order valence-corrected chi connectivity index (χ4v) is 2.81. The lowest BCUT2D eigenvalue weighted by Crippen LogP contribution is -2.47. The predicted octanol–water partition coefficient (Wildman–Crippen LogP) is 2.26. The Labute approximate surface area is 114 Å². The maximum atomic E-state index is 4.72. The van der Waals surface area contributed by atoms with Crippen LogP contribution in [-0.4, -0.2) is 52.5 Å². The number of hydrogen-bond donors (Lipinski definition) is 1. The molecule has 1 aliphatic heterocycles. The summed E-state index contributed by atoms with van der Waals surface area (Å²) in [4.78, 5) is 13.2. The second kappa shape index (κ2) is 5.31. The van der Waals surface area contributed by atoms with E-state index in [1.807, 2.05) is 6.07 Å². The highest BCUT2D eigenvalue weighted by Gasteiger charge is 2.23. The van der Waals surface area contributed by atoms with Gasteiger partial charge in [-0.2, -0.15) is 0 Å². The van der Waals surface area contributed by atoms with E-state index in [0.717, 1.165) is 36.5 Å². The van der Waals surface area contributed by atoms with Crippen molar-refractivity contribution < 1.29 is 0 Å². The van der Waals surface area contributed by atoms with Gasteiger partial charge in [0.25, 0.3) is 0 Å². The van der Waals surface area contributed by atoms with Gasteiger partial charge in [0.05, 0.1) is 17.1 Å². The fourth-order valence-electron chi connectivity index (χ4n) is 2.81. The molecule has 1 unspecified atom stereocenters. The van der Waals surface area contributed by atoms with E-state index in [1.54, 1.807) is 0 Å². The van der Waals surface area contributed by atoms with Crippen molar-refractivity contribution in [1.82, 2.24) is 19.8 Å². The summed E-state index contributed by atoms with van der Waals surface area (Å²) in [5.74, 6) is 1.09. The van der Waals surface area contributed by atoms with E-state index in [1.165, 1.54) is 13.1 Å². The number of hydrogen-bond acceptors (Lipinski definition) is 3. The van der Waals surface area contributed by atoms with Gasteiger partial charge in [0.2, 0.25) is 0 Å². The molecule has 102 valence electrons. The number of aromatic amines is 1. The zero-order valence-electron chi connectivity index (χ0n) is 11.8. The highest BCUT2D eigenvalue weighted by Crippen LogP contribution is 2.21. The van der Waals surface area contributed by atoms with E-state index < -0.39 is 0 Å². The number of nitrogens with zero attached hydrogens (tertiary/aromatic N) is 3. The molecule has 0 radical (unpaired) electrons. The second-order valence-electron chi connectivity index (χ2n) is 5.29. The van der Waals surface area contributed by atoms with Crippen molar-refractivity contribution in [1.29, 1.82) is 0 Å². The summed E-state index contributed by atoms with van der Waals surface area (Å²) in [5, 5.41) is 0. The molecule has 0 spiro atoms. The zero-order chi connectivity index (χ0) is 13.2. The van der Waals surface area contributed by atoms with Gasteiger partial charge >= 0.3 is 0 Å². The van der Waals surface area contributed by atoms with Crippen LogP contribution in [0.1, 0.15) is 25.7 Å². The molecule has 1 atom stereocenters. The van der Waals surface area contributed by atoms with Gasteiger partial charge in [0.15, 0.2) is 0 Å². The largest absolute Gasteiger partial charge is 0.341 e. The molecule has 0 amide bonds. The summed E-state index contributed by atoms with van der Waals surface area (Å²) in [6.45, 7) is 10.2. The first-order chi connectivity index (χ1) is 9.28. The number of H-pyrrole nitrogens is 1. The van der Waals surface area contributed by atoms with E-state index in [4.69, 9.17) is 4.98 Å². The normalized spacial score (nSPS) is 19.9. The van der Waals surface area contributed by atoms with Crippen molar-refractivity contribution in [3.8, 4) is 0 Å². The summed E-state index contributed by atoms with van der Waals surface area (Å²) >= 11 is 0. The number of benzene rings is 1. The van der Waals surface area contributed by atoms with Gasteiger partial charge in [-0.1, -0.05) is 19.1 Å². The minimum absolute atomic E-state index is 0.367. The number of fused-ring (bicyclic) bond motifs is 1. The first-order valence-electron chi connectivity index (χ1n) is 7.19. The Morgan fingerprint density at radius 3 is 2.63 bits per heavy atom. The molecular weight excluding hydrogens is 236 g/mol. The first-order valence-corrected chi connectivity index (χ1v) is 7.19. The van der Waals surface area contributed by atoms with Gasteiger partial charge in [-0.15, -0.1) is 0 Å². The standard InChI is InChI=1S/C15H22N4/c1-3-18-8-10-19(11-9-18)12(2)15-16-13-6-4-5-7-14(13)17-15/h4-7,12H,3,8-11H2,1-2H3,(H,16,17). The van der Waals surface area contributed by atoms with Crippen LogP contribution >= 0.6 is 0 Å². The molecule has 3 rings (SSSR count). The molecule has 0 aliphatic carbocycles. The number of piperazine rings is 1. The Morgan fingerprint density at radius 2 is 1.95 bits per heavy atom. The van der Waals surface area contributed by atoms with Gasteiger partial charge in [-0.05, 0) is 25.6 Å². The molecule has 1 aliphatic rings. The molecule has 1 N–H and O–H groups in total. The quantitative estimate of drug-likeness (QED) is 0.917. The Morgan fingerprint density at radius 1 is 1.21 bits per heavy atom. The third kappa shape index (κ3) is 2.51. The molecule has 0 bridgehead atoms. The third-order valence-electron chi connectivity index (χ3n) is 4.21. The summed E-state index contributed by atoms with van der Waals surface area (Å²) in [6, 6.07) is 8.61. The number of likely N-dealkylation sites (N-methyl/N-ethyl adjacent to an activating group) is 1. The Balaban J connectivity index is 1.74. The maximum absolute atomic E-state index is 4.72. The molecule has 2 aromatic rings. The van der Waals surface area contributed by atoms with E-state index in [9.17, 15) is 0 Å². The molecule has 1 saturated heterocycles. The van der Waals surface area contributed by atoms with Crippen LogP contribution in [0, 0.1) is 0 Å². The van der Waals surface area contributed by atoms with Crippen LogP contribution in [0.15, 0.2) is 24.3 Å². The van der Waals surface area contributed by atoms with Crippen LogP contribution in [0.5, 0.6) is 0 Å². The van der Waals surface area contributed by atoms with Crippen molar-refractivity contribution in [3.63, 3.8) is 0 Å². The van der Waals surface area contributed by atoms with Crippen LogP contribution in [0.2, 0.25) is 0 Å². The number of aromatic nitrogens is 2. The van der Waals surface area contributed by atoms with Crippen molar-refractivity contribution in [3.05, 3.63) is 30.1 Å². The summed E-state index contributed by atoms with van der Waals surface area (Å²) in [7, 11) is 0. The van der Waals surface area contributed by atoms with E-state index >= 15 is 0 Å². The van der Waals surface area contributed by atoms with Gasteiger partial charge in [0, 0.05) is 26.2 Å². The Hall–Kier alpha value is -1.39. The van der Waals surface area contributed by atoms with Crippen LogP contribution in [0.4, 0.5) is 0 Å². The predicted molar refractivity (Wildman–Crippen MR) is 78.2 cm³/mol. The molecule has 2 heterocycles. The van der Waals surface area contributed by atoms with Crippen molar-refractivity contribution >= 4 is 11.0 Å². The second-order valence-corrected chi connectivity index (χ2v) is 5.29. The Bertz CT molecular complexity index is 507. The monoisotopic (exact) mass is 258 g/mol. The number of nitrogens with one attached hydrogen (secondary N) is 1. The van der Waals surface area contributed by atoms with Crippen LogP contribution < -0.4 is 0 Å². The average Bonchev–Trinajstić information content (AvgIpc) is 2.90. The first kappa shape index (κ1) is 12.6. The number of imidazole rings is 1. The van der Waals surface area contributed by atoms with Crippen LogP contribution in [-0.2, 0) is 0 Å². The summed E-state index contributed by atoms with van der Waals surface area (Å²) in [5.41, 5.74) is 2.20. The average molecular weight is 258 g/mol. The minimum atomic E-state index is 0.367. The molecule has 0 saturated carbocycles. The summed E-state index contributed by atoms with van der Waals surface area (Å²) < 4.78 is 0. The van der Waals surface area contributed by atoms with Gasteiger partial charge in [-0.3, -0.25) is 4.90 Å². The Kier molecular flexibility index (Phi) is 3.53. The minimum Gasteiger partial charge on any atom is -0.341 e. The van der Waals surface area contributed by atoms with Crippen molar-refractivity contribution in [2.45, 2.75) is 19.9 Å². The van der Waals surface area contributed by atoms with Gasteiger partial charge < -0.3 is 9.88 Å². The fraction of sp³-hybridized carbons (Fsp3) is 0.533. The third-order valence-corrected chi connectivity index (χ3v) is 4.21. The van der Waals surface area contributed by atoms with Crippen molar-refractivity contribution in [2.75, 3.05) is 32.7 Å². The highest BCUT2D eigenvalue weighted by molar-refractivity contribution is 5.74. The molecule has 1 aromatic carbocycles. The topological polar surface area (TPSA) is 35.2 Å². The van der Waals surface area contributed by atoms with E-state index in [-0.39, 0.29) is 0 Å². The van der Waals surface area contributed by atoms with Crippen LogP contribution in [0.3, 0.4) is 0 Å². The smallest absolute Gasteiger partial charge is 0.124 e. The summed E-state index contributed by atoms with van der Waals surface area (Å²) in [6.07, 6.45) is 0.